The zero-order valence-electron chi connectivity index (χ0n) is 71.4. The molecule has 23 rings (SSSR count). The second-order valence-electron chi connectivity index (χ2n) is 38.0. The molecule has 0 saturated carbocycles. The Labute approximate surface area is 711 Å². The third kappa shape index (κ3) is 10.7. The van der Waals surface area contributed by atoms with E-state index in [1.165, 1.54) is 227 Å². The van der Waals surface area contributed by atoms with Crippen molar-refractivity contribution in [1.29, 1.82) is 0 Å². The highest BCUT2D eigenvalue weighted by molar-refractivity contribution is 6.22. The lowest BCUT2D eigenvalue weighted by atomic mass is 9.70. The Kier molecular flexibility index (Phi) is 16.6. The molecule has 18 aromatic rings. The van der Waals surface area contributed by atoms with Crippen LogP contribution in [0.5, 0.6) is 0 Å². The van der Waals surface area contributed by atoms with Crippen molar-refractivity contribution in [1.82, 2.24) is 4.57 Å². The monoisotopic (exact) mass is 1570 g/mol. The molecule has 3 aromatic heterocycles. The Morgan fingerprint density at radius 2 is 0.702 bits per heavy atom. The molecular weight excluding hydrogens is 1470 g/mol. The first kappa shape index (κ1) is 73.6. The Morgan fingerprint density at radius 1 is 0.273 bits per heavy atom. The first-order valence-electron chi connectivity index (χ1n) is 44.9. The summed E-state index contributed by atoms with van der Waals surface area (Å²) in [6.07, 6.45) is 15.4. The summed E-state index contributed by atoms with van der Waals surface area (Å²) in [7, 11) is 0. The molecule has 592 valence electrons. The van der Waals surface area contributed by atoms with Gasteiger partial charge in [-0.2, -0.15) is 0 Å². The second kappa shape index (κ2) is 27.3. The fraction of sp³-hybridized carbons (Fsp3) is 0.231. The van der Waals surface area contributed by atoms with Crippen molar-refractivity contribution in [3.8, 4) is 94.7 Å². The van der Waals surface area contributed by atoms with Gasteiger partial charge in [-0.05, 0) is 237 Å². The predicted molar refractivity (Wildman–Crippen MR) is 510 cm³/mol. The number of hydrogen-bond acceptors (Lipinski definition) is 3. The molecule has 0 spiro atoms. The number of anilines is 3. The molecule has 0 bridgehead atoms. The van der Waals surface area contributed by atoms with Gasteiger partial charge in [-0.3, -0.25) is 0 Å². The van der Waals surface area contributed by atoms with Crippen LogP contribution in [0.3, 0.4) is 0 Å². The first-order valence-corrected chi connectivity index (χ1v) is 44.9. The number of nitrogens with zero attached hydrogens (tertiary/aromatic N) is 2. The van der Waals surface area contributed by atoms with Gasteiger partial charge in [-0.1, -0.05) is 334 Å². The minimum absolute atomic E-state index is 0.0367. The summed E-state index contributed by atoms with van der Waals surface area (Å²) in [4.78, 5) is 2.55. The molecule has 15 aromatic carbocycles. The first-order chi connectivity index (χ1) is 59.0. The molecule has 4 heteroatoms. The number of furan rings is 2. The lowest BCUT2D eigenvalue weighted by molar-refractivity contribution is 0.399. The average Bonchev–Trinajstić information content (AvgIpc) is 1.50. The molecular formula is C117H102N2O2. The molecule has 0 aliphatic heterocycles. The number of unbranched alkanes of at least 4 members (excludes halogenated alkanes) is 8. The van der Waals surface area contributed by atoms with Crippen molar-refractivity contribution in [3.05, 3.63) is 347 Å². The van der Waals surface area contributed by atoms with E-state index in [1.807, 2.05) is 0 Å². The molecule has 0 unspecified atom stereocenters. The fourth-order valence-corrected chi connectivity index (χ4v) is 23.8. The number of benzene rings is 15. The van der Waals surface area contributed by atoms with E-state index in [1.54, 1.807) is 11.1 Å². The minimum atomic E-state index is -0.433. The van der Waals surface area contributed by atoms with Crippen LogP contribution in [-0.2, 0) is 27.1 Å². The van der Waals surface area contributed by atoms with Crippen LogP contribution in [0, 0.1) is 0 Å². The van der Waals surface area contributed by atoms with Crippen LogP contribution in [0.25, 0.3) is 160 Å². The van der Waals surface area contributed by atoms with E-state index >= 15 is 0 Å². The van der Waals surface area contributed by atoms with Crippen LogP contribution in [-0.4, -0.2) is 4.57 Å². The molecule has 0 fully saturated rings. The van der Waals surface area contributed by atoms with Gasteiger partial charge in [0.25, 0.3) is 0 Å². The van der Waals surface area contributed by atoms with Gasteiger partial charge in [0.15, 0.2) is 0 Å². The highest BCUT2D eigenvalue weighted by atomic mass is 16.3. The molecule has 0 saturated heterocycles. The summed E-state index contributed by atoms with van der Waals surface area (Å²) < 4.78 is 16.8. The van der Waals surface area contributed by atoms with E-state index in [0.717, 1.165) is 72.5 Å². The number of para-hydroxylation sites is 4. The number of hydrogen-bond donors (Lipinski definition) is 0. The normalized spacial score (nSPS) is 15.3. The van der Waals surface area contributed by atoms with Gasteiger partial charge < -0.3 is 18.3 Å². The van der Waals surface area contributed by atoms with E-state index in [-0.39, 0.29) is 16.2 Å². The summed E-state index contributed by atoms with van der Waals surface area (Å²) in [6, 6.07) is 112. The summed E-state index contributed by atoms with van der Waals surface area (Å²) in [5.74, 6) is 0. The van der Waals surface area contributed by atoms with Crippen molar-refractivity contribution in [2.75, 3.05) is 4.90 Å². The van der Waals surface area contributed by atoms with E-state index in [9.17, 15) is 0 Å². The second-order valence-corrected chi connectivity index (χ2v) is 38.0. The smallest absolute Gasteiger partial charge is 0.144 e. The zero-order chi connectivity index (χ0) is 81.7. The molecule has 0 N–H and O–H groups in total. The van der Waals surface area contributed by atoms with Crippen LogP contribution >= 0.6 is 0 Å². The highest BCUT2D eigenvalue weighted by Crippen LogP contribution is 2.65. The third-order valence-corrected chi connectivity index (χ3v) is 29.8. The Balaban J connectivity index is 0.614. The van der Waals surface area contributed by atoms with Gasteiger partial charge in [0, 0.05) is 93.3 Å². The molecule has 5 aliphatic rings. The fourth-order valence-electron chi connectivity index (χ4n) is 23.8. The maximum absolute atomic E-state index is 7.22. The third-order valence-electron chi connectivity index (χ3n) is 29.8. The standard InChI is InChI=1S/C117H102N2O2/c1-11-13-15-17-32-62-117(63-33-18-16-14-12-2)93-42-28-22-36-80(93)83-58-52-75(66-98(83)117)74-51-57-82-81-56-50-73(64-94(81)113(3,4)95(82)65-74)71-46-48-72(49-47-71)91-70-99-104(106-89-39-25-30-44-102(89)120-111(91)106)87-60-54-77(67-96(87)114(99,5)6)118(79-53-59-85-84-37-24-29-43-100(84)119(101(85)69-79)76-34-20-19-21-35-76)78-55-61-88-97(68-78)116(9,10)109-105(88)107-90-40-26-31-45-103(90)121-112(107)108-86-38-23-27-41-92(86)115(7,8)110(108)109/h19-31,34-61,64-70H,11-18,32-33,62-63H2,1-10H3. The summed E-state index contributed by atoms with van der Waals surface area (Å²) in [5, 5.41) is 7.10. The van der Waals surface area contributed by atoms with Crippen molar-refractivity contribution in [2.24, 2.45) is 0 Å². The van der Waals surface area contributed by atoms with E-state index in [0.29, 0.717) is 0 Å². The highest BCUT2D eigenvalue weighted by Gasteiger charge is 2.50. The van der Waals surface area contributed by atoms with Gasteiger partial charge in [-0.15, -0.1) is 0 Å². The lowest BCUT2D eigenvalue weighted by Gasteiger charge is -2.33. The molecule has 5 aliphatic carbocycles. The van der Waals surface area contributed by atoms with Crippen LogP contribution in [0.1, 0.15) is 202 Å². The number of aromatic nitrogens is 1. The van der Waals surface area contributed by atoms with Crippen LogP contribution in [0.2, 0.25) is 0 Å². The average molecular weight is 1570 g/mol. The molecule has 0 amide bonds. The molecule has 3 heterocycles. The number of fused-ring (bicyclic) bond motifs is 28. The van der Waals surface area contributed by atoms with E-state index in [2.05, 4.69) is 370 Å². The number of rotatable bonds is 19. The van der Waals surface area contributed by atoms with Crippen LogP contribution in [0.4, 0.5) is 17.1 Å². The minimum Gasteiger partial charge on any atom is -0.455 e. The van der Waals surface area contributed by atoms with Crippen LogP contribution in [0.15, 0.2) is 300 Å². The van der Waals surface area contributed by atoms with E-state index < -0.39 is 10.8 Å². The SMILES string of the molecule is CCCCCCCC1(CCCCCCC)c2ccccc2-c2ccc(-c3ccc4c(c3)C(C)(C)c3cc(-c5ccc(-c6cc7c(c8c6oc6ccccc68)-c6ccc(N(c8ccc9c(c8)C(C)(C)c8c%10c(c%11oc%12ccccc%12c%11c8-9)-c8ccccc8C%10(C)C)c8ccc9c%10ccccc%10n(-c%10ccccc%10)c9c8)cc6C7(C)C)cc5)ccc3-4)cc21. The summed E-state index contributed by atoms with van der Waals surface area (Å²) >= 11 is 0. The Bertz CT molecular complexity index is 7350. The van der Waals surface area contributed by atoms with Gasteiger partial charge in [0.1, 0.15) is 22.3 Å². The maximum Gasteiger partial charge on any atom is 0.144 e. The molecule has 4 nitrogen and oxygen atoms in total. The van der Waals surface area contributed by atoms with Crippen molar-refractivity contribution in [2.45, 2.75) is 173 Å². The van der Waals surface area contributed by atoms with E-state index in [4.69, 9.17) is 8.83 Å². The zero-order valence-corrected chi connectivity index (χ0v) is 71.4. The van der Waals surface area contributed by atoms with Crippen LogP contribution < -0.4 is 4.90 Å². The van der Waals surface area contributed by atoms with Crippen molar-refractivity contribution >= 4 is 82.7 Å². The molecule has 121 heavy (non-hydrogen) atoms. The predicted octanol–water partition coefficient (Wildman–Crippen LogP) is 33.3. The Morgan fingerprint density at radius 3 is 1.36 bits per heavy atom. The van der Waals surface area contributed by atoms with Gasteiger partial charge in [0.05, 0.1) is 11.0 Å². The summed E-state index contributed by atoms with van der Waals surface area (Å²) in [6.45, 7) is 24.3. The van der Waals surface area contributed by atoms with Crippen molar-refractivity contribution in [3.63, 3.8) is 0 Å². The summed E-state index contributed by atoms with van der Waals surface area (Å²) in [5.41, 5.74) is 43.5. The Hall–Kier alpha value is -12.5. The topological polar surface area (TPSA) is 34.5 Å². The quantitative estimate of drug-likeness (QED) is 0.0757. The van der Waals surface area contributed by atoms with Crippen molar-refractivity contribution < 1.29 is 8.83 Å². The maximum atomic E-state index is 7.22. The van der Waals surface area contributed by atoms with Gasteiger partial charge in [-0.25, -0.2) is 0 Å². The molecule has 0 atom stereocenters. The van der Waals surface area contributed by atoms with Gasteiger partial charge >= 0.3 is 0 Å². The van der Waals surface area contributed by atoms with Gasteiger partial charge in [0.2, 0.25) is 0 Å². The molecule has 0 radical (unpaired) electrons. The largest absolute Gasteiger partial charge is 0.455 e. The lowest BCUT2D eigenvalue weighted by Crippen LogP contribution is -2.25.